The SMILES string of the molecule is CSCCC(N)C(=O)NC(CCCN=C(N)N)C(=O)NC(CC(N)=O)C(=O)NC(CCCCN)C(=O)O. The number of rotatable bonds is 20. The third-order valence-electron chi connectivity index (χ3n) is 5.15. The van der Waals surface area contributed by atoms with E-state index in [1.165, 1.54) is 11.8 Å². The number of nitrogens with two attached hydrogens (primary N) is 5. The molecule has 0 aliphatic heterocycles. The van der Waals surface area contributed by atoms with E-state index in [0.717, 1.165) is 0 Å². The first kappa shape index (κ1) is 33.9. The summed E-state index contributed by atoms with van der Waals surface area (Å²) >= 11 is 1.51. The highest BCUT2D eigenvalue weighted by Crippen LogP contribution is 2.06. The van der Waals surface area contributed by atoms with Crippen molar-refractivity contribution in [2.24, 2.45) is 33.7 Å². The maximum absolute atomic E-state index is 13.1. The summed E-state index contributed by atoms with van der Waals surface area (Å²) < 4.78 is 0. The molecule has 212 valence electrons. The summed E-state index contributed by atoms with van der Waals surface area (Å²) in [6, 6.07) is -4.72. The monoisotopic (exact) mass is 547 g/mol. The maximum Gasteiger partial charge on any atom is 0.326 e. The van der Waals surface area contributed by atoms with Gasteiger partial charge in [-0.15, -0.1) is 0 Å². The smallest absolute Gasteiger partial charge is 0.326 e. The van der Waals surface area contributed by atoms with Crippen molar-refractivity contribution >= 4 is 47.3 Å². The Kier molecular flexibility index (Phi) is 17.5. The molecule has 0 rings (SSSR count). The van der Waals surface area contributed by atoms with Crippen molar-refractivity contribution in [2.75, 3.05) is 25.1 Å². The Morgan fingerprint density at radius 3 is 1.95 bits per heavy atom. The largest absolute Gasteiger partial charge is 0.480 e. The highest BCUT2D eigenvalue weighted by Gasteiger charge is 2.31. The number of nitrogens with zero attached hydrogens (tertiary/aromatic N) is 1. The van der Waals surface area contributed by atoms with Crippen LogP contribution in [0.4, 0.5) is 0 Å². The quantitative estimate of drug-likeness (QED) is 0.0412. The van der Waals surface area contributed by atoms with Gasteiger partial charge < -0.3 is 49.7 Å². The fraction of sp³-hybridized carbons (Fsp3) is 0.714. The van der Waals surface area contributed by atoms with Crippen LogP contribution in [0, 0.1) is 0 Å². The van der Waals surface area contributed by atoms with Gasteiger partial charge in [0.25, 0.3) is 0 Å². The summed E-state index contributed by atoms with van der Waals surface area (Å²) in [6.07, 6.45) is 3.14. The van der Waals surface area contributed by atoms with E-state index in [0.29, 0.717) is 38.0 Å². The number of carboxylic acid groups (broad SMARTS) is 1. The van der Waals surface area contributed by atoms with E-state index in [-0.39, 0.29) is 25.3 Å². The van der Waals surface area contributed by atoms with Crippen molar-refractivity contribution in [2.45, 2.75) is 69.1 Å². The first-order valence-electron chi connectivity index (χ1n) is 11.8. The topological polar surface area (TPSA) is 284 Å². The number of carboxylic acids is 1. The van der Waals surface area contributed by atoms with Crippen molar-refractivity contribution in [3.8, 4) is 0 Å². The number of hydrogen-bond donors (Lipinski definition) is 9. The molecule has 14 N–H and O–H groups in total. The van der Waals surface area contributed by atoms with E-state index >= 15 is 0 Å². The number of primary amides is 1. The summed E-state index contributed by atoms with van der Waals surface area (Å²) in [4.78, 5) is 65.3. The summed E-state index contributed by atoms with van der Waals surface area (Å²) in [6.45, 7) is 0.534. The van der Waals surface area contributed by atoms with E-state index in [9.17, 15) is 29.1 Å². The van der Waals surface area contributed by atoms with Crippen LogP contribution in [0.3, 0.4) is 0 Å². The van der Waals surface area contributed by atoms with E-state index in [4.69, 9.17) is 28.7 Å². The molecule has 0 aromatic rings. The Balaban J connectivity index is 5.56. The van der Waals surface area contributed by atoms with Gasteiger partial charge in [0.05, 0.1) is 12.5 Å². The molecule has 0 radical (unpaired) electrons. The van der Waals surface area contributed by atoms with Crippen molar-refractivity contribution in [3.63, 3.8) is 0 Å². The van der Waals surface area contributed by atoms with Crippen LogP contribution in [0.25, 0.3) is 0 Å². The number of thioether (sulfide) groups is 1. The van der Waals surface area contributed by atoms with E-state index in [2.05, 4.69) is 20.9 Å². The second kappa shape index (κ2) is 19.1. The zero-order valence-electron chi connectivity index (χ0n) is 21.1. The van der Waals surface area contributed by atoms with Crippen LogP contribution in [-0.2, 0) is 24.0 Å². The highest BCUT2D eigenvalue weighted by atomic mass is 32.2. The Morgan fingerprint density at radius 1 is 0.838 bits per heavy atom. The molecule has 0 spiro atoms. The van der Waals surface area contributed by atoms with Crippen LogP contribution in [0.5, 0.6) is 0 Å². The van der Waals surface area contributed by atoms with Crippen molar-refractivity contribution < 1.29 is 29.1 Å². The van der Waals surface area contributed by atoms with E-state index < -0.39 is 60.2 Å². The number of guanidine groups is 1. The van der Waals surface area contributed by atoms with Crippen molar-refractivity contribution in [1.82, 2.24) is 16.0 Å². The number of nitrogens with one attached hydrogen (secondary N) is 3. The van der Waals surface area contributed by atoms with Crippen molar-refractivity contribution in [1.29, 1.82) is 0 Å². The number of amides is 4. The lowest BCUT2D eigenvalue weighted by atomic mass is 10.1. The highest BCUT2D eigenvalue weighted by molar-refractivity contribution is 7.98. The van der Waals surface area contributed by atoms with Crippen molar-refractivity contribution in [3.05, 3.63) is 0 Å². The molecule has 0 saturated heterocycles. The Bertz CT molecular complexity index is 794. The van der Waals surface area contributed by atoms with Crippen LogP contribution in [0.15, 0.2) is 4.99 Å². The molecular weight excluding hydrogens is 506 g/mol. The van der Waals surface area contributed by atoms with Gasteiger partial charge in [-0.05, 0) is 57.1 Å². The van der Waals surface area contributed by atoms with Crippen LogP contribution in [0.1, 0.15) is 44.9 Å². The Morgan fingerprint density at radius 2 is 1.41 bits per heavy atom. The predicted octanol–water partition coefficient (Wildman–Crippen LogP) is -3.34. The number of carbonyl (C=O) groups excluding carboxylic acids is 4. The average molecular weight is 548 g/mol. The molecular formula is C21H41N9O6S. The van der Waals surface area contributed by atoms with Crippen LogP contribution in [0.2, 0.25) is 0 Å². The molecule has 0 heterocycles. The second-order valence-corrected chi connectivity index (χ2v) is 9.30. The minimum Gasteiger partial charge on any atom is -0.480 e. The third kappa shape index (κ3) is 15.6. The Labute approximate surface area is 220 Å². The number of hydrogen-bond acceptors (Lipinski definition) is 9. The molecule has 4 atom stereocenters. The van der Waals surface area contributed by atoms with Crippen LogP contribution >= 0.6 is 11.8 Å². The van der Waals surface area contributed by atoms with Gasteiger partial charge in [0.15, 0.2) is 5.96 Å². The van der Waals surface area contributed by atoms with Gasteiger partial charge in [-0.2, -0.15) is 11.8 Å². The lowest BCUT2D eigenvalue weighted by Gasteiger charge is -2.24. The molecule has 0 aliphatic rings. The van der Waals surface area contributed by atoms with Gasteiger partial charge in [-0.3, -0.25) is 24.2 Å². The molecule has 0 fully saturated rings. The molecule has 0 saturated carbocycles. The number of unbranched alkanes of at least 4 members (excludes halogenated alkanes) is 1. The molecule has 0 bridgehead atoms. The number of aliphatic carboxylic acids is 1. The summed E-state index contributed by atoms with van der Waals surface area (Å²) in [5, 5.41) is 16.7. The standard InChI is InChI=1S/C21H41N9O6S/c1-37-10-7-12(23)17(32)28-13(6-4-9-27-21(25)26)18(33)30-15(11-16(24)31)19(34)29-14(20(35)36)5-2-3-8-22/h12-15H,2-11,22-23H2,1H3,(H2,24,31)(H,28,32)(H,29,34)(H,30,33)(H,35,36)(H4,25,26,27). The molecule has 0 aromatic heterocycles. The van der Waals surface area contributed by atoms with Gasteiger partial charge in [0.2, 0.25) is 23.6 Å². The first-order valence-corrected chi connectivity index (χ1v) is 13.2. The first-order chi connectivity index (χ1) is 17.4. The summed E-state index contributed by atoms with van der Waals surface area (Å²) in [7, 11) is 0. The lowest BCUT2D eigenvalue weighted by molar-refractivity contribution is -0.142. The molecule has 0 aliphatic carbocycles. The lowest BCUT2D eigenvalue weighted by Crippen LogP contribution is -2.57. The maximum atomic E-state index is 13.1. The summed E-state index contributed by atoms with van der Waals surface area (Å²) in [5.74, 6) is -3.95. The minimum absolute atomic E-state index is 0.0886. The fourth-order valence-electron chi connectivity index (χ4n) is 3.13. The molecule has 16 heteroatoms. The minimum atomic E-state index is -1.47. The van der Waals surface area contributed by atoms with Crippen LogP contribution < -0.4 is 44.6 Å². The zero-order valence-corrected chi connectivity index (χ0v) is 21.9. The van der Waals surface area contributed by atoms with E-state index in [1.54, 1.807) is 0 Å². The number of carbonyl (C=O) groups is 5. The normalized spacial score (nSPS) is 13.9. The third-order valence-corrected chi connectivity index (χ3v) is 5.79. The molecule has 37 heavy (non-hydrogen) atoms. The Hall–Kier alpha value is -3.11. The molecule has 0 aromatic carbocycles. The van der Waals surface area contributed by atoms with Gasteiger partial charge in [0, 0.05) is 6.54 Å². The number of aliphatic imine (C=N–C) groups is 1. The van der Waals surface area contributed by atoms with Gasteiger partial charge in [0.1, 0.15) is 18.1 Å². The average Bonchev–Trinajstić information content (AvgIpc) is 2.82. The molecule has 4 unspecified atom stereocenters. The van der Waals surface area contributed by atoms with Gasteiger partial charge in [-0.1, -0.05) is 0 Å². The van der Waals surface area contributed by atoms with Crippen LogP contribution in [-0.4, -0.2) is 89.9 Å². The van der Waals surface area contributed by atoms with E-state index in [1.807, 2.05) is 6.26 Å². The zero-order chi connectivity index (χ0) is 28.4. The second-order valence-electron chi connectivity index (χ2n) is 8.31. The molecule has 15 nitrogen and oxygen atoms in total. The predicted molar refractivity (Wildman–Crippen MR) is 141 cm³/mol. The van der Waals surface area contributed by atoms with Gasteiger partial charge in [-0.25, -0.2) is 4.79 Å². The fourth-order valence-corrected chi connectivity index (χ4v) is 3.62. The summed E-state index contributed by atoms with van der Waals surface area (Å²) in [5.41, 5.74) is 27.2. The van der Waals surface area contributed by atoms with Gasteiger partial charge >= 0.3 is 5.97 Å². The molecule has 4 amide bonds.